The Balaban J connectivity index is 2.12. The van der Waals surface area contributed by atoms with Crippen molar-refractivity contribution in [1.29, 1.82) is 0 Å². The second-order valence-electron chi connectivity index (χ2n) is 5.60. The van der Waals surface area contributed by atoms with Gasteiger partial charge < -0.3 is 0 Å². The van der Waals surface area contributed by atoms with Crippen molar-refractivity contribution in [3.63, 3.8) is 0 Å². The first-order valence-electron chi connectivity index (χ1n) is 6.68. The van der Waals surface area contributed by atoms with Crippen LogP contribution >= 0.6 is 0 Å². The van der Waals surface area contributed by atoms with Gasteiger partial charge in [0.05, 0.1) is 0 Å². The van der Waals surface area contributed by atoms with Crippen LogP contribution in [0.3, 0.4) is 0 Å². The average Bonchev–Trinajstić information content (AvgIpc) is 2.95. The number of aromatic nitrogens is 2. The van der Waals surface area contributed by atoms with Gasteiger partial charge in [-0.2, -0.15) is 13.9 Å². The van der Waals surface area contributed by atoms with Gasteiger partial charge >= 0.3 is 0 Å². The third kappa shape index (κ3) is 1.64. The molecule has 0 spiro atoms. The van der Waals surface area contributed by atoms with Gasteiger partial charge in [-0.1, -0.05) is 13.3 Å². The van der Waals surface area contributed by atoms with Crippen molar-refractivity contribution in [3.05, 3.63) is 17.0 Å². The van der Waals surface area contributed by atoms with Crippen LogP contribution in [0.5, 0.6) is 0 Å². The van der Waals surface area contributed by atoms with E-state index in [2.05, 4.69) is 5.10 Å². The Morgan fingerprint density at radius 3 is 2.68 bits per heavy atom. The van der Waals surface area contributed by atoms with Crippen LogP contribution in [0, 0.1) is 5.92 Å². The maximum Gasteiger partial charge on any atom is 0.293 e. The van der Waals surface area contributed by atoms with E-state index in [1.54, 1.807) is 6.92 Å². The van der Waals surface area contributed by atoms with E-state index in [4.69, 9.17) is 0 Å². The molecule has 0 radical (unpaired) electrons. The first-order valence-corrected chi connectivity index (χ1v) is 6.68. The van der Waals surface area contributed by atoms with E-state index in [9.17, 15) is 17.6 Å². The third-order valence-electron chi connectivity index (χ3n) is 4.25. The van der Waals surface area contributed by atoms with Crippen LogP contribution in [0.1, 0.15) is 68.4 Å². The van der Waals surface area contributed by atoms with Crippen LogP contribution in [0.15, 0.2) is 0 Å². The predicted molar refractivity (Wildman–Crippen MR) is 61.5 cm³/mol. The van der Waals surface area contributed by atoms with Crippen LogP contribution in [0.25, 0.3) is 0 Å². The number of alkyl halides is 4. The van der Waals surface area contributed by atoms with E-state index in [1.165, 1.54) is 0 Å². The second-order valence-corrected chi connectivity index (χ2v) is 5.60. The molecule has 6 heteroatoms. The Kier molecular flexibility index (Phi) is 2.70. The minimum atomic E-state index is -3.00. The fraction of sp³-hybridized carbons (Fsp3) is 0.769. The summed E-state index contributed by atoms with van der Waals surface area (Å²) >= 11 is 0. The SMILES string of the molecule is CCCC(C)n1nc(C(F)F)c2c1C(F)(F)[C@@H]1C[C@H]21. The zero-order valence-electron chi connectivity index (χ0n) is 10.8. The van der Waals surface area contributed by atoms with Gasteiger partial charge in [-0.25, -0.2) is 8.78 Å². The van der Waals surface area contributed by atoms with Gasteiger partial charge in [-0.15, -0.1) is 0 Å². The zero-order valence-corrected chi connectivity index (χ0v) is 10.8. The Labute approximate surface area is 108 Å². The summed E-state index contributed by atoms with van der Waals surface area (Å²) in [6.07, 6.45) is -1.01. The summed E-state index contributed by atoms with van der Waals surface area (Å²) in [5, 5.41) is 3.81. The standard InChI is InChI=1S/C13H16F4N2/c1-3-4-6(2)19-11-9(10(18-19)12(14)15)7-5-8(7)13(11,16)17/h6-8,12H,3-5H2,1-2H3/t6?,7-,8+/m0/s1. The van der Waals surface area contributed by atoms with Gasteiger partial charge in [-0.3, -0.25) is 4.68 Å². The van der Waals surface area contributed by atoms with Gasteiger partial charge in [0.25, 0.3) is 12.3 Å². The van der Waals surface area contributed by atoms with Crippen molar-refractivity contribution in [2.45, 2.75) is 57.4 Å². The summed E-state index contributed by atoms with van der Waals surface area (Å²) in [7, 11) is 0. The number of nitrogens with zero attached hydrogens (tertiary/aromatic N) is 2. The normalized spacial score (nSPS) is 28.4. The van der Waals surface area contributed by atoms with Gasteiger partial charge in [-0.05, 0) is 25.7 Å². The van der Waals surface area contributed by atoms with Crippen molar-refractivity contribution >= 4 is 0 Å². The van der Waals surface area contributed by atoms with Crippen LogP contribution in [0.2, 0.25) is 0 Å². The molecule has 0 amide bonds. The first kappa shape index (κ1) is 12.9. The van der Waals surface area contributed by atoms with Crippen molar-refractivity contribution in [2.75, 3.05) is 0 Å². The molecular formula is C13H16F4N2. The maximum atomic E-state index is 14.2. The first-order chi connectivity index (χ1) is 8.89. The van der Waals surface area contributed by atoms with Crippen molar-refractivity contribution in [1.82, 2.24) is 9.78 Å². The minimum absolute atomic E-state index is 0.132. The molecule has 3 atom stereocenters. The molecule has 1 aromatic rings. The highest BCUT2D eigenvalue weighted by atomic mass is 19.3. The lowest BCUT2D eigenvalue weighted by molar-refractivity contribution is -0.0323. The molecule has 0 aromatic carbocycles. The molecule has 0 aliphatic heterocycles. The molecule has 1 saturated carbocycles. The molecule has 0 bridgehead atoms. The summed E-state index contributed by atoms with van der Waals surface area (Å²) in [6, 6.07) is -0.269. The van der Waals surface area contributed by atoms with Crippen LogP contribution < -0.4 is 0 Å². The van der Waals surface area contributed by atoms with E-state index in [0.717, 1.165) is 11.1 Å². The summed E-state index contributed by atoms with van der Waals surface area (Å²) in [5.74, 6) is -4.18. The molecule has 106 valence electrons. The van der Waals surface area contributed by atoms with E-state index >= 15 is 0 Å². The van der Waals surface area contributed by atoms with Gasteiger partial charge in [0.15, 0.2) is 0 Å². The molecule has 0 N–H and O–H groups in total. The molecular weight excluding hydrogens is 260 g/mol. The molecule has 19 heavy (non-hydrogen) atoms. The largest absolute Gasteiger partial charge is 0.293 e. The molecule has 1 aromatic heterocycles. The van der Waals surface area contributed by atoms with Crippen molar-refractivity contribution in [3.8, 4) is 0 Å². The van der Waals surface area contributed by atoms with Gasteiger partial charge in [0.2, 0.25) is 0 Å². The lowest BCUT2D eigenvalue weighted by Gasteiger charge is -2.19. The molecule has 3 rings (SSSR count). The van der Waals surface area contributed by atoms with Gasteiger partial charge in [0.1, 0.15) is 11.4 Å². The molecule has 2 nitrogen and oxygen atoms in total. The number of hydrogen-bond donors (Lipinski definition) is 0. The lowest BCUT2D eigenvalue weighted by atomic mass is 10.1. The summed E-state index contributed by atoms with van der Waals surface area (Å²) in [5.41, 5.74) is -0.541. The number of fused-ring (bicyclic) bond motifs is 3. The summed E-state index contributed by atoms with van der Waals surface area (Å²) < 4.78 is 55.6. The van der Waals surface area contributed by atoms with E-state index < -0.39 is 29.9 Å². The summed E-state index contributed by atoms with van der Waals surface area (Å²) in [6.45, 7) is 3.69. The van der Waals surface area contributed by atoms with Gasteiger partial charge in [0, 0.05) is 17.5 Å². The molecule has 2 aliphatic carbocycles. The zero-order chi connectivity index (χ0) is 13.9. The van der Waals surface area contributed by atoms with E-state index in [1.807, 2.05) is 6.92 Å². The molecule has 1 fully saturated rings. The molecule has 1 unspecified atom stereocenters. The quantitative estimate of drug-likeness (QED) is 0.746. The Morgan fingerprint density at radius 2 is 2.11 bits per heavy atom. The number of halogens is 4. The van der Waals surface area contributed by atoms with E-state index in [-0.39, 0.29) is 17.3 Å². The minimum Gasteiger partial charge on any atom is -0.260 e. The van der Waals surface area contributed by atoms with Crippen LogP contribution in [-0.4, -0.2) is 9.78 Å². The van der Waals surface area contributed by atoms with E-state index in [0.29, 0.717) is 12.8 Å². The number of rotatable bonds is 4. The highest BCUT2D eigenvalue weighted by Crippen LogP contribution is 2.68. The maximum absolute atomic E-state index is 14.2. The Bertz CT molecular complexity index is 509. The third-order valence-corrected chi connectivity index (χ3v) is 4.25. The Hall–Kier alpha value is -1.07. The highest BCUT2D eigenvalue weighted by molar-refractivity contribution is 5.46. The fourth-order valence-electron chi connectivity index (χ4n) is 3.27. The monoisotopic (exact) mass is 276 g/mol. The second kappa shape index (κ2) is 3.96. The average molecular weight is 276 g/mol. The van der Waals surface area contributed by atoms with Crippen molar-refractivity contribution in [2.24, 2.45) is 5.92 Å². The smallest absolute Gasteiger partial charge is 0.260 e. The van der Waals surface area contributed by atoms with Crippen molar-refractivity contribution < 1.29 is 17.6 Å². The van der Waals surface area contributed by atoms with Crippen LogP contribution in [-0.2, 0) is 5.92 Å². The molecule has 2 aliphatic rings. The fourth-order valence-corrected chi connectivity index (χ4v) is 3.27. The predicted octanol–water partition coefficient (Wildman–Crippen LogP) is 4.39. The molecule has 1 heterocycles. The highest BCUT2D eigenvalue weighted by Gasteiger charge is 2.67. The Morgan fingerprint density at radius 1 is 1.42 bits per heavy atom. The topological polar surface area (TPSA) is 17.8 Å². The molecule has 0 saturated heterocycles. The lowest BCUT2D eigenvalue weighted by Crippen LogP contribution is -2.22. The number of hydrogen-bond acceptors (Lipinski definition) is 1. The van der Waals surface area contributed by atoms with Crippen LogP contribution in [0.4, 0.5) is 17.6 Å². The summed E-state index contributed by atoms with van der Waals surface area (Å²) in [4.78, 5) is 0.